The maximum absolute atomic E-state index is 3.97. The SMILES string of the molecule is C=c1cc2cc[cH+]cc-2c(=C)[cH-]1. The summed E-state index contributed by atoms with van der Waals surface area (Å²) in [5.74, 6) is 0. The van der Waals surface area contributed by atoms with Crippen molar-refractivity contribution in [2.24, 2.45) is 0 Å². The molecule has 12 heavy (non-hydrogen) atoms. The third-order valence-electron chi connectivity index (χ3n) is 2.01. The molecule has 58 valence electrons. The van der Waals surface area contributed by atoms with E-state index in [0.717, 1.165) is 10.4 Å². The fourth-order valence-electron chi connectivity index (χ4n) is 1.46. The van der Waals surface area contributed by atoms with Gasteiger partial charge in [-0.15, -0.1) is 22.6 Å². The van der Waals surface area contributed by atoms with Gasteiger partial charge in [-0.1, -0.05) is 5.56 Å². The summed E-state index contributed by atoms with van der Waals surface area (Å²) in [7, 11) is 0. The smallest absolute Gasteiger partial charge is 0.0441 e. The van der Waals surface area contributed by atoms with E-state index in [1.54, 1.807) is 0 Å². The second kappa shape index (κ2) is 2.49. The number of fused-ring (bicyclic) bond motifs is 1. The van der Waals surface area contributed by atoms with E-state index in [9.17, 15) is 0 Å². The highest BCUT2D eigenvalue weighted by Gasteiger charge is 1.95. The molecule has 0 aromatic carbocycles. The van der Waals surface area contributed by atoms with Crippen LogP contribution in [0, 0.1) is 0 Å². The third-order valence-corrected chi connectivity index (χ3v) is 2.01. The number of hydrogen-bond donors (Lipinski definition) is 0. The zero-order chi connectivity index (χ0) is 8.55. The Morgan fingerprint density at radius 2 is 2.17 bits per heavy atom. The van der Waals surface area contributed by atoms with Crippen LogP contribution in [0.1, 0.15) is 0 Å². The molecular formula is C12H10. The highest BCUT2D eigenvalue weighted by Crippen LogP contribution is 2.13. The van der Waals surface area contributed by atoms with Crippen molar-refractivity contribution in [2.75, 3.05) is 0 Å². The molecule has 2 aliphatic rings. The molecule has 0 heteroatoms. The minimum absolute atomic E-state index is 1.03. The molecule has 0 aromatic heterocycles. The van der Waals surface area contributed by atoms with Gasteiger partial charge in [0.2, 0.25) is 0 Å². The standard InChI is InChI=1S/C12H10/c1-9-7-10(2)12-6-4-3-5-11(12)8-9/h3-8H,1-2H2. The van der Waals surface area contributed by atoms with Crippen molar-refractivity contribution in [2.45, 2.75) is 0 Å². The van der Waals surface area contributed by atoms with E-state index in [4.69, 9.17) is 0 Å². The van der Waals surface area contributed by atoms with Crippen LogP contribution in [0.4, 0.5) is 0 Å². The molecule has 0 nitrogen and oxygen atoms in total. The summed E-state index contributed by atoms with van der Waals surface area (Å²) in [6.07, 6.45) is 0. The summed E-state index contributed by atoms with van der Waals surface area (Å²) in [5, 5.41) is 2.08. The van der Waals surface area contributed by atoms with Crippen LogP contribution in [0.25, 0.3) is 24.3 Å². The topological polar surface area (TPSA) is 0 Å². The van der Waals surface area contributed by atoms with Crippen LogP contribution in [0.15, 0.2) is 36.4 Å². The van der Waals surface area contributed by atoms with Gasteiger partial charge in [0, 0.05) is 18.2 Å². The maximum Gasteiger partial charge on any atom is 0.0441 e. The summed E-state index contributed by atoms with van der Waals surface area (Å²) < 4.78 is 0. The summed E-state index contributed by atoms with van der Waals surface area (Å²) in [6, 6.07) is 12.3. The van der Waals surface area contributed by atoms with Crippen LogP contribution >= 0.6 is 0 Å². The van der Waals surface area contributed by atoms with Gasteiger partial charge in [-0.2, -0.15) is 13.2 Å². The Labute approximate surface area is 71.8 Å². The Hall–Kier alpha value is -1.56. The van der Waals surface area contributed by atoms with Crippen molar-refractivity contribution >= 4 is 13.2 Å². The minimum atomic E-state index is 1.03. The van der Waals surface area contributed by atoms with Crippen LogP contribution in [-0.2, 0) is 0 Å². The van der Waals surface area contributed by atoms with E-state index in [1.165, 1.54) is 11.1 Å². The lowest BCUT2D eigenvalue weighted by atomic mass is 10.0. The van der Waals surface area contributed by atoms with Gasteiger partial charge in [0.1, 0.15) is 0 Å². The predicted molar refractivity (Wildman–Crippen MR) is 53.4 cm³/mol. The van der Waals surface area contributed by atoms with E-state index in [1.807, 2.05) is 18.2 Å². The average molecular weight is 154 g/mol. The molecule has 2 rings (SSSR count). The van der Waals surface area contributed by atoms with Crippen LogP contribution in [0.3, 0.4) is 0 Å². The lowest BCUT2D eigenvalue weighted by Crippen LogP contribution is -2.12. The molecule has 0 amide bonds. The minimum Gasteiger partial charge on any atom is -0.155 e. The fraction of sp³-hybridized carbons (Fsp3) is 0. The monoisotopic (exact) mass is 154 g/mol. The second-order valence-electron chi connectivity index (χ2n) is 2.98. The maximum atomic E-state index is 3.97. The molecule has 0 saturated heterocycles. The van der Waals surface area contributed by atoms with E-state index < -0.39 is 0 Å². The van der Waals surface area contributed by atoms with Crippen molar-refractivity contribution in [1.29, 1.82) is 0 Å². The largest absolute Gasteiger partial charge is 0.155 e. The molecule has 0 fully saturated rings. The molecular weight excluding hydrogens is 144 g/mol. The first-order chi connectivity index (χ1) is 5.77. The zero-order valence-corrected chi connectivity index (χ0v) is 6.88. The summed E-state index contributed by atoms with van der Waals surface area (Å²) in [6.45, 7) is 7.86. The first kappa shape index (κ1) is 7.11. The van der Waals surface area contributed by atoms with Gasteiger partial charge in [0.05, 0.1) is 0 Å². The number of rotatable bonds is 0. The van der Waals surface area contributed by atoms with Crippen molar-refractivity contribution in [1.82, 2.24) is 0 Å². The Morgan fingerprint density at radius 3 is 3.00 bits per heavy atom. The van der Waals surface area contributed by atoms with Crippen molar-refractivity contribution in [3.05, 3.63) is 46.8 Å². The third kappa shape index (κ3) is 1.02. The molecule has 0 spiro atoms. The number of hydrogen-bond acceptors (Lipinski definition) is 0. The molecule has 2 aliphatic carbocycles. The van der Waals surface area contributed by atoms with Gasteiger partial charge in [-0.25, -0.2) is 0 Å². The molecule has 0 atom stereocenters. The average Bonchev–Trinajstić information content (AvgIpc) is 2.04. The Kier molecular flexibility index (Phi) is 1.47. The quantitative estimate of drug-likeness (QED) is 0.506. The highest BCUT2D eigenvalue weighted by molar-refractivity contribution is 5.65. The zero-order valence-electron chi connectivity index (χ0n) is 6.88. The van der Waals surface area contributed by atoms with Crippen LogP contribution in [-0.4, -0.2) is 0 Å². The molecule has 0 aromatic rings. The van der Waals surface area contributed by atoms with Crippen molar-refractivity contribution in [3.63, 3.8) is 0 Å². The van der Waals surface area contributed by atoms with Gasteiger partial charge in [0.25, 0.3) is 0 Å². The molecule has 0 radical (unpaired) electrons. The van der Waals surface area contributed by atoms with E-state index in [2.05, 4.69) is 31.4 Å². The molecule has 0 aliphatic heterocycles. The van der Waals surface area contributed by atoms with E-state index in [-0.39, 0.29) is 0 Å². The predicted octanol–water partition coefficient (Wildman–Crippen LogP) is 1.61. The summed E-state index contributed by atoms with van der Waals surface area (Å²) >= 11 is 0. The first-order valence-corrected chi connectivity index (χ1v) is 3.94. The van der Waals surface area contributed by atoms with Crippen LogP contribution in [0.2, 0.25) is 0 Å². The normalized spacial score (nSPS) is 10.3. The lowest BCUT2D eigenvalue weighted by molar-refractivity contribution is 1.51. The van der Waals surface area contributed by atoms with E-state index in [0.29, 0.717) is 0 Å². The van der Waals surface area contributed by atoms with Crippen LogP contribution < -0.4 is 10.4 Å². The Bertz CT molecular complexity index is 468. The van der Waals surface area contributed by atoms with Gasteiger partial charge >= 0.3 is 0 Å². The summed E-state index contributed by atoms with van der Waals surface area (Å²) in [4.78, 5) is 0. The molecule has 0 unspecified atom stereocenters. The molecule has 0 N–H and O–H groups in total. The van der Waals surface area contributed by atoms with Gasteiger partial charge < -0.3 is 0 Å². The van der Waals surface area contributed by atoms with Gasteiger partial charge in [-0.05, 0) is 11.6 Å². The van der Waals surface area contributed by atoms with Crippen molar-refractivity contribution in [3.8, 4) is 11.1 Å². The van der Waals surface area contributed by atoms with Crippen LogP contribution in [0.5, 0.6) is 0 Å². The highest BCUT2D eigenvalue weighted by atomic mass is 14.0. The van der Waals surface area contributed by atoms with Gasteiger partial charge in [0.15, 0.2) is 0 Å². The molecule has 0 bridgehead atoms. The fourth-order valence-corrected chi connectivity index (χ4v) is 1.46. The molecule has 0 saturated carbocycles. The first-order valence-electron chi connectivity index (χ1n) is 3.94. The lowest BCUT2D eigenvalue weighted by Gasteiger charge is -2.06. The van der Waals surface area contributed by atoms with Gasteiger partial charge in [-0.3, -0.25) is 0 Å². The summed E-state index contributed by atoms with van der Waals surface area (Å²) in [5.41, 5.74) is 2.43. The Morgan fingerprint density at radius 1 is 1.33 bits per heavy atom. The van der Waals surface area contributed by atoms with E-state index >= 15 is 0 Å². The number of benzene rings is 2. The molecule has 0 heterocycles. The Balaban J connectivity index is 2.99. The van der Waals surface area contributed by atoms with Crippen molar-refractivity contribution < 1.29 is 0 Å². The second-order valence-corrected chi connectivity index (χ2v) is 2.98.